The van der Waals surface area contributed by atoms with E-state index in [2.05, 4.69) is 55.6 Å². The number of aliphatic hydroxyl groups excluding tert-OH is 8. The van der Waals surface area contributed by atoms with Crippen LogP contribution in [0.5, 0.6) is 0 Å². The lowest BCUT2D eigenvalue weighted by Crippen LogP contribution is -2.65. The number of unbranched alkanes of at least 4 members (excludes halogenated alkanes) is 35. The molecule has 12 unspecified atom stereocenters. The number of hydrogen-bond acceptors (Lipinski definition) is 13. The molecule has 470 valence electrons. The van der Waals surface area contributed by atoms with Crippen molar-refractivity contribution in [3.8, 4) is 0 Å². The van der Waals surface area contributed by atoms with E-state index >= 15 is 0 Å². The minimum absolute atomic E-state index is 0.207. The molecule has 2 heterocycles. The number of rotatable bonds is 54. The van der Waals surface area contributed by atoms with Crippen molar-refractivity contribution in [3.63, 3.8) is 0 Å². The van der Waals surface area contributed by atoms with Crippen molar-refractivity contribution in [1.82, 2.24) is 5.32 Å². The quantitative estimate of drug-likeness (QED) is 0.0204. The number of hydrogen-bond donors (Lipinski definition) is 9. The highest BCUT2D eigenvalue weighted by Gasteiger charge is 2.51. The Balaban J connectivity index is 1.49. The molecule has 80 heavy (non-hydrogen) atoms. The maximum absolute atomic E-state index is 13.2. The molecule has 2 fully saturated rings. The van der Waals surface area contributed by atoms with Crippen molar-refractivity contribution in [2.24, 2.45) is 0 Å². The van der Waals surface area contributed by atoms with Crippen molar-refractivity contribution in [2.45, 2.75) is 357 Å². The molecule has 12 atom stereocenters. The zero-order valence-corrected chi connectivity index (χ0v) is 50.8. The summed E-state index contributed by atoms with van der Waals surface area (Å²) in [6.07, 6.45) is 48.1. The first-order valence-corrected chi connectivity index (χ1v) is 33.2. The normalized spacial score (nSPS) is 24.4. The number of aliphatic hydroxyl groups is 8. The van der Waals surface area contributed by atoms with Gasteiger partial charge in [-0.3, -0.25) is 4.79 Å². The number of carbonyl (C=O) groups is 1. The molecular formula is C66H123NO13. The third-order valence-corrected chi connectivity index (χ3v) is 16.4. The largest absolute Gasteiger partial charge is 0.394 e. The van der Waals surface area contributed by atoms with E-state index in [4.69, 9.17) is 18.9 Å². The first-order valence-electron chi connectivity index (χ1n) is 33.2. The number of nitrogens with one attached hydrogen (secondary N) is 1. The Labute approximate surface area is 487 Å². The highest BCUT2D eigenvalue weighted by atomic mass is 16.7. The second-order valence-corrected chi connectivity index (χ2v) is 23.6. The number of carbonyl (C=O) groups excluding carboxylic acids is 1. The molecule has 2 saturated heterocycles. The zero-order valence-electron chi connectivity index (χ0n) is 50.8. The Bertz CT molecular complexity index is 1480. The molecule has 2 aliphatic heterocycles. The summed E-state index contributed by atoms with van der Waals surface area (Å²) in [5.41, 5.74) is 0. The lowest BCUT2D eigenvalue weighted by molar-refractivity contribution is -0.359. The van der Waals surface area contributed by atoms with Crippen molar-refractivity contribution < 1.29 is 64.6 Å². The van der Waals surface area contributed by atoms with Crippen LogP contribution in [0, 0.1) is 0 Å². The number of ether oxygens (including phenoxy) is 4. The second kappa shape index (κ2) is 51.6. The summed E-state index contributed by atoms with van der Waals surface area (Å²) in [5.74, 6) is -0.207. The predicted molar refractivity (Wildman–Crippen MR) is 323 cm³/mol. The molecule has 14 nitrogen and oxygen atoms in total. The van der Waals surface area contributed by atoms with Crippen molar-refractivity contribution in [1.29, 1.82) is 0 Å². The molecule has 9 N–H and O–H groups in total. The van der Waals surface area contributed by atoms with E-state index in [1.165, 1.54) is 193 Å². The van der Waals surface area contributed by atoms with Gasteiger partial charge in [-0.1, -0.05) is 262 Å². The van der Waals surface area contributed by atoms with E-state index in [9.17, 15) is 45.6 Å². The standard InChI is InChI=1S/C66H123NO13/c1-3-5-7-9-11-12-13-14-15-16-17-18-19-20-21-22-23-24-25-26-27-28-29-30-31-32-33-34-35-36-37-38-39-40-41-42-44-46-48-50-58(71)67-54(55(70)49-47-45-43-10-8-6-4-2)53-77-65-63(76)61(74)64(57(52-69)79-65)80-66-62(75)60(73)59(72)56(51-68)78-66/h13-14,16-17,19-20,54-57,59-66,68-70,72-76H,3-12,15,18,21-53H2,1-2H3,(H,67,71)/b14-13-,17-16-,20-19-. The van der Waals surface area contributed by atoms with Gasteiger partial charge >= 0.3 is 0 Å². The fraction of sp³-hybridized carbons (Fsp3) is 0.894. The molecule has 2 aliphatic rings. The topological polar surface area (TPSA) is 228 Å². The van der Waals surface area contributed by atoms with Crippen LogP contribution in [0.1, 0.15) is 284 Å². The van der Waals surface area contributed by atoms with E-state index in [0.29, 0.717) is 12.8 Å². The smallest absolute Gasteiger partial charge is 0.220 e. The minimum Gasteiger partial charge on any atom is -0.394 e. The highest BCUT2D eigenvalue weighted by Crippen LogP contribution is 2.30. The first-order chi connectivity index (χ1) is 39.1. The Hall–Kier alpha value is -1.79. The maximum atomic E-state index is 13.2. The third-order valence-electron chi connectivity index (χ3n) is 16.4. The van der Waals surface area contributed by atoms with Gasteiger partial charge in [-0.25, -0.2) is 0 Å². The molecule has 14 heteroatoms. The molecule has 0 aromatic rings. The van der Waals surface area contributed by atoms with Crippen LogP contribution in [0.4, 0.5) is 0 Å². The Morgan fingerprint density at radius 1 is 0.450 bits per heavy atom. The van der Waals surface area contributed by atoms with E-state index in [-0.39, 0.29) is 12.5 Å². The summed E-state index contributed by atoms with van der Waals surface area (Å²) in [4.78, 5) is 13.2. The number of amides is 1. The second-order valence-electron chi connectivity index (χ2n) is 23.6. The molecule has 0 aromatic heterocycles. The van der Waals surface area contributed by atoms with Crippen LogP contribution in [0.25, 0.3) is 0 Å². The molecule has 0 aromatic carbocycles. The third kappa shape index (κ3) is 36.1. The lowest BCUT2D eigenvalue weighted by Gasteiger charge is -2.46. The molecular weight excluding hydrogens is 1010 g/mol. The van der Waals surface area contributed by atoms with Gasteiger partial charge in [0, 0.05) is 6.42 Å². The molecule has 2 rings (SSSR count). The Kier molecular flexibility index (Phi) is 47.9. The Morgan fingerprint density at radius 3 is 1.26 bits per heavy atom. The van der Waals surface area contributed by atoms with Crippen LogP contribution in [-0.2, 0) is 23.7 Å². The van der Waals surface area contributed by atoms with Crippen LogP contribution in [0.3, 0.4) is 0 Å². The van der Waals surface area contributed by atoms with Crippen molar-refractivity contribution >= 4 is 5.91 Å². The average molecular weight is 1140 g/mol. The summed E-state index contributed by atoms with van der Waals surface area (Å²) >= 11 is 0. The van der Waals surface area contributed by atoms with Gasteiger partial charge in [-0.2, -0.15) is 0 Å². The van der Waals surface area contributed by atoms with E-state index in [1.807, 2.05) is 0 Å². The molecule has 0 spiro atoms. The van der Waals surface area contributed by atoms with Gasteiger partial charge in [-0.05, 0) is 51.4 Å². The van der Waals surface area contributed by atoms with Gasteiger partial charge in [0.1, 0.15) is 48.8 Å². The van der Waals surface area contributed by atoms with E-state index in [0.717, 1.165) is 64.2 Å². The molecule has 1 amide bonds. The molecule has 0 radical (unpaired) electrons. The molecule has 0 saturated carbocycles. The van der Waals surface area contributed by atoms with Crippen LogP contribution in [0.2, 0.25) is 0 Å². The fourth-order valence-electron chi connectivity index (χ4n) is 11.0. The van der Waals surface area contributed by atoms with Crippen LogP contribution < -0.4 is 5.32 Å². The first kappa shape index (κ1) is 74.3. The summed E-state index contributed by atoms with van der Waals surface area (Å²) < 4.78 is 22.7. The summed E-state index contributed by atoms with van der Waals surface area (Å²) in [6.45, 7) is 2.80. The van der Waals surface area contributed by atoms with Gasteiger partial charge in [0.15, 0.2) is 12.6 Å². The minimum atomic E-state index is -1.78. The van der Waals surface area contributed by atoms with Gasteiger partial charge in [0.2, 0.25) is 5.91 Å². The van der Waals surface area contributed by atoms with Crippen molar-refractivity contribution in [2.75, 3.05) is 19.8 Å². The molecule has 0 bridgehead atoms. The average Bonchev–Trinajstić information content (AvgIpc) is 3.48. The lowest BCUT2D eigenvalue weighted by atomic mass is 9.97. The van der Waals surface area contributed by atoms with Gasteiger partial charge in [0.05, 0.1) is 32.0 Å². The monoisotopic (exact) mass is 1140 g/mol. The van der Waals surface area contributed by atoms with Crippen LogP contribution in [-0.4, -0.2) is 140 Å². The van der Waals surface area contributed by atoms with Crippen LogP contribution >= 0.6 is 0 Å². The summed E-state index contributed by atoms with van der Waals surface area (Å²) in [7, 11) is 0. The maximum Gasteiger partial charge on any atom is 0.220 e. The van der Waals surface area contributed by atoms with E-state index < -0.39 is 86.8 Å². The van der Waals surface area contributed by atoms with Gasteiger partial charge in [0.25, 0.3) is 0 Å². The molecule has 0 aliphatic carbocycles. The zero-order chi connectivity index (χ0) is 58.1. The van der Waals surface area contributed by atoms with Crippen molar-refractivity contribution in [3.05, 3.63) is 36.5 Å². The van der Waals surface area contributed by atoms with Gasteiger partial charge in [-0.15, -0.1) is 0 Å². The predicted octanol–water partition coefficient (Wildman–Crippen LogP) is 12.6. The van der Waals surface area contributed by atoms with E-state index in [1.54, 1.807) is 0 Å². The number of allylic oxidation sites excluding steroid dienone is 6. The van der Waals surface area contributed by atoms with Gasteiger partial charge < -0.3 is 65.1 Å². The fourth-order valence-corrected chi connectivity index (χ4v) is 11.0. The summed E-state index contributed by atoms with van der Waals surface area (Å²) in [6, 6.07) is -0.823. The highest BCUT2D eigenvalue weighted by molar-refractivity contribution is 5.76. The SMILES string of the molecule is CCCCCCC/C=C\C/C=C\C/C=C\CCCCCCCCCCCCCCCCCCCCCCCCCCC(=O)NC(COC1OC(CO)C(OC2OC(CO)C(O)C(O)C2O)C(O)C1O)C(O)CCCCCCCCC. The summed E-state index contributed by atoms with van der Waals surface area (Å²) in [5, 5.41) is 86.9. The van der Waals surface area contributed by atoms with Crippen LogP contribution in [0.15, 0.2) is 36.5 Å². The Morgan fingerprint density at radius 2 is 0.825 bits per heavy atom.